The molecule has 0 atom stereocenters. The number of hydrogen-bond donors (Lipinski definition) is 0. The van der Waals surface area contributed by atoms with Gasteiger partial charge < -0.3 is 21.9 Å². The Balaban J connectivity index is 0.00000146. The van der Waals surface area contributed by atoms with Crippen LogP contribution in [0.4, 0.5) is 5.69 Å². The molecule has 5 fully saturated rings. The fourth-order valence-electron chi connectivity index (χ4n) is 6.66. The van der Waals surface area contributed by atoms with Crippen LogP contribution in [0.15, 0.2) is 24.5 Å². The molecule has 0 amide bonds. The third kappa shape index (κ3) is 2.91. The molecule has 1 saturated heterocycles. The molecule has 5 aliphatic rings. The summed E-state index contributed by atoms with van der Waals surface area (Å²) < 4.78 is 2.62. The molecule has 2 heterocycles. The van der Waals surface area contributed by atoms with Crippen LogP contribution in [0.2, 0.25) is 0 Å². The van der Waals surface area contributed by atoms with Gasteiger partial charge in [-0.3, -0.25) is 0 Å². The van der Waals surface area contributed by atoms with Gasteiger partial charge in [-0.2, -0.15) is 4.57 Å². The number of aromatic nitrogens is 1. The number of nitrogens with zero attached hydrogens (tertiary/aromatic N) is 2. The monoisotopic (exact) mass is 390 g/mol. The van der Waals surface area contributed by atoms with E-state index in [-0.39, 0.29) is 17.0 Å². The van der Waals surface area contributed by atoms with Gasteiger partial charge >= 0.3 is 0 Å². The summed E-state index contributed by atoms with van der Waals surface area (Å²) in [5.74, 6) is 3.08. The third-order valence-electron chi connectivity index (χ3n) is 7.34. The lowest BCUT2D eigenvalue weighted by atomic mass is 9.53. The lowest BCUT2D eigenvalue weighted by molar-refractivity contribution is -0.776. The molecule has 0 radical (unpaired) electrons. The van der Waals surface area contributed by atoms with Gasteiger partial charge in [0.2, 0.25) is 0 Å². The van der Waals surface area contributed by atoms with Crippen molar-refractivity contribution in [1.82, 2.24) is 0 Å². The van der Waals surface area contributed by atoms with E-state index < -0.39 is 0 Å². The van der Waals surface area contributed by atoms with Gasteiger partial charge in [-0.15, -0.1) is 0 Å². The molecular formula is C21H31BrN2. The Hall–Kier alpha value is -0.570. The molecule has 132 valence electrons. The molecule has 4 saturated carbocycles. The predicted octanol–water partition coefficient (Wildman–Crippen LogP) is 1.28. The molecule has 2 nitrogen and oxygen atoms in total. The number of halogens is 1. The Bertz CT molecular complexity index is 524. The molecular weight excluding hydrogens is 360 g/mol. The van der Waals surface area contributed by atoms with E-state index in [1.54, 1.807) is 0 Å². The molecule has 0 N–H and O–H groups in total. The van der Waals surface area contributed by atoms with Crippen molar-refractivity contribution in [3.8, 4) is 0 Å². The largest absolute Gasteiger partial charge is 1.00 e. The first-order chi connectivity index (χ1) is 11.3. The van der Waals surface area contributed by atoms with Crippen molar-refractivity contribution < 1.29 is 21.5 Å². The van der Waals surface area contributed by atoms with E-state index in [0.717, 1.165) is 17.8 Å². The first kappa shape index (κ1) is 16.9. The Labute approximate surface area is 157 Å². The Kier molecular flexibility index (Phi) is 4.66. The molecule has 1 aromatic rings. The summed E-state index contributed by atoms with van der Waals surface area (Å²) in [6, 6.07) is 4.81. The van der Waals surface area contributed by atoms with Crippen LogP contribution in [0.1, 0.15) is 64.2 Å². The molecule has 0 spiro atoms. The second kappa shape index (κ2) is 6.63. The number of hydrogen-bond acceptors (Lipinski definition) is 1. The average molecular weight is 391 g/mol. The van der Waals surface area contributed by atoms with E-state index in [4.69, 9.17) is 0 Å². The molecule has 24 heavy (non-hydrogen) atoms. The molecule has 3 heteroatoms. The van der Waals surface area contributed by atoms with E-state index in [1.165, 1.54) is 83.0 Å². The van der Waals surface area contributed by atoms with E-state index in [0.29, 0.717) is 5.54 Å². The minimum atomic E-state index is 0. The molecule has 0 unspecified atom stereocenters. The lowest BCUT2D eigenvalue weighted by Crippen LogP contribution is -3.00. The van der Waals surface area contributed by atoms with Crippen LogP contribution in [0.3, 0.4) is 0 Å². The summed E-state index contributed by atoms with van der Waals surface area (Å²) in [7, 11) is 0. The van der Waals surface area contributed by atoms with Crippen molar-refractivity contribution in [2.75, 3.05) is 18.0 Å². The SMILES string of the molecule is [Br-].c1c[n+](C23CC4CC(CC(C4)C2)C3)ccc1N1CCCCCC1. The van der Waals surface area contributed by atoms with Crippen molar-refractivity contribution in [3.63, 3.8) is 0 Å². The molecule has 0 aromatic carbocycles. The summed E-state index contributed by atoms with van der Waals surface area (Å²) in [5, 5.41) is 0. The maximum Gasteiger partial charge on any atom is 0.171 e. The zero-order valence-corrected chi connectivity index (χ0v) is 16.4. The summed E-state index contributed by atoms with van der Waals surface area (Å²) in [6.45, 7) is 2.50. The maximum absolute atomic E-state index is 2.62. The Morgan fingerprint density at radius 2 is 1.29 bits per heavy atom. The van der Waals surface area contributed by atoms with Crippen LogP contribution < -0.4 is 26.4 Å². The Morgan fingerprint density at radius 3 is 1.79 bits per heavy atom. The fraction of sp³-hybridized carbons (Fsp3) is 0.762. The van der Waals surface area contributed by atoms with E-state index >= 15 is 0 Å². The summed E-state index contributed by atoms with van der Waals surface area (Å²) in [4.78, 5) is 2.61. The topological polar surface area (TPSA) is 7.12 Å². The highest BCUT2D eigenvalue weighted by molar-refractivity contribution is 5.43. The minimum absolute atomic E-state index is 0. The Morgan fingerprint density at radius 1 is 0.792 bits per heavy atom. The van der Waals surface area contributed by atoms with Gasteiger partial charge in [-0.05, 0) is 49.9 Å². The van der Waals surface area contributed by atoms with Gasteiger partial charge in [0, 0.05) is 50.2 Å². The summed E-state index contributed by atoms with van der Waals surface area (Å²) >= 11 is 0. The van der Waals surface area contributed by atoms with Gasteiger partial charge in [0.15, 0.2) is 17.9 Å². The zero-order chi connectivity index (χ0) is 15.3. The van der Waals surface area contributed by atoms with Crippen LogP contribution in [0.25, 0.3) is 0 Å². The van der Waals surface area contributed by atoms with Crippen molar-refractivity contribution in [1.29, 1.82) is 0 Å². The van der Waals surface area contributed by atoms with E-state index in [9.17, 15) is 0 Å². The van der Waals surface area contributed by atoms with Crippen molar-refractivity contribution in [2.24, 2.45) is 17.8 Å². The quantitative estimate of drug-likeness (QED) is 0.690. The van der Waals surface area contributed by atoms with Gasteiger partial charge in [-0.25, -0.2) is 0 Å². The predicted molar refractivity (Wildman–Crippen MR) is 93.5 cm³/mol. The fourth-order valence-corrected chi connectivity index (χ4v) is 6.66. The van der Waals surface area contributed by atoms with Crippen molar-refractivity contribution >= 4 is 5.69 Å². The van der Waals surface area contributed by atoms with Crippen molar-refractivity contribution in [3.05, 3.63) is 24.5 Å². The van der Waals surface area contributed by atoms with Gasteiger partial charge in [-0.1, -0.05) is 12.8 Å². The summed E-state index contributed by atoms with van der Waals surface area (Å²) in [6.07, 6.45) is 19.4. The van der Waals surface area contributed by atoms with Crippen molar-refractivity contribution in [2.45, 2.75) is 69.7 Å². The van der Waals surface area contributed by atoms with Crippen LogP contribution in [0, 0.1) is 17.8 Å². The molecule has 4 aliphatic carbocycles. The molecule has 6 rings (SSSR count). The normalized spacial score (nSPS) is 37.8. The van der Waals surface area contributed by atoms with E-state index in [2.05, 4.69) is 34.0 Å². The summed E-state index contributed by atoms with van der Waals surface area (Å²) in [5.41, 5.74) is 1.93. The number of pyridine rings is 1. The lowest BCUT2D eigenvalue weighted by Gasteiger charge is -2.53. The van der Waals surface area contributed by atoms with Gasteiger partial charge in [0.25, 0.3) is 0 Å². The van der Waals surface area contributed by atoms with Gasteiger partial charge in [0.05, 0.1) is 0 Å². The highest BCUT2D eigenvalue weighted by atomic mass is 79.9. The first-order valence-electron chi connectivity index (χ1n) is 10.1. The van der Waals surface area contributed by atoms with Crippen LogP contribution in [-0.2, 0) is 5.54 Å². The molecule has 4 bridgehead atoms. The molecule has 1 aromatic heterocycles. The van der Waals surface area contributed by atoms with Crippen LogP contribution in [-0.4, -0.2) is 13.1 Å². The number of anilines is 1. The van der Waals surface area contributed by atoms with Gasteiger partial charge in [0.1, 0.15) is 0 Å². The maximum atomic E-state index is 2.62. The first-order valence-corrected chi connectivity index (χ1v) is 10.1. The second-order valence-electron chi connectivity index (χ2n) is 9.01. The number of rotatable bonds is 2. The van der Waals surface area contributed by atoms with Crippen LogP contribution in [0.5, 0.6) is 0 Å². The third-order valence-corrected chi connectivity index (χ3v) is 7.34. The standard InChI is InChI=1S/C21H31N2.BrH/c1-2-4-8-22(7-3-1)20-5-9-23(10-6-20)21-14-17-11-18(15-21)13-19(12-17)16-21;/h5-6,9-10,17-19H,1-4,7-8,11-16H2;1H/q+1;/p-1. The highest BCUT2D eigenvalue weighted by Gasteiger charge is 2.56. The highest BCUT2D eigenvalue weighted by Crippen LogP contribution is 2.56. The average Bonchev–Trinajstić information content (AvgIpc) is 2.83. The van der Waals surface area contributed by atoms with E-state index in [1.807, 2.05) is 0 Å². The zero-order valence-electron chi connectivity index (χ0n) is 14.8. The second-order valence-corrected chi connectivity index (χ2v) is 9.01. The molecule has 1 aliphatic heterocycles. The van der Waals surface area contributed by atoms with Crippen LogP contribution >= 0.6 is 0 Å². The minimum Gasteiger partial charge on any atom is -1.00 e. The smallest absolute Gasteiger partial charge is 0.171 e.